The molecule has 2 aromatic rings. The van der Waals surface area contributed by atoms with Crippen molar-refractivity contribution in [2.75, 3.05) is 27.4 Å². The first kappa shape index (κ1) is 22.8. The van der Waals surface area contributed by atoms with E-state index in [4.69, 9.17) is 18.9 Å². The van der Waals surface area contributed by atoms with Crippen LogP contribution in [0.3, 0.4) is 0 Å². The number of aryl methyl sites for hydroxylation is 1. The number of ether oxygens (including phenoxy) is 4. The minimum Gasteiger partial charge on any atom is -0.493 e. The summed E-state index contributed by atoms with van der Waals surface area (Å²) in [5.41, 5.74) is 2.12. The zero-order chi connectivity index (χ0) is 22.3. The van der Waals surface area contributed by atoms with Crippen molar-refractivity contribution in [1.82, 2.24) is 10.3 Å². The van der Waals surface area contributed by atoms with Crippen molar-refractivity contribution in [3.05, 3.63) is 46.3 Å². The first-order valence-electron chi connectivity index (χ1n) is 9.33. The molecule has 1 aromatic carbocycles. The lowest BCUT2D eigenvalue weighted by atomic mass is 10.1. The number of methoxy groups -OCH3 is 2. The molecular weight excluding hydrogens is 392 g/mol. The molecule has 162 valence electrons. The Bertz CT molecular complexity index is 934. The first-order valence-corrected chi connectivity index (χ1v) is 9.33. The fourth-order valence-corrected chi connectivity index (χ4v) is 2.91. The summed E-state index contributed by atoms with van der Waals surface area (Å²) < 4.78 is 20.5. The molecule has 0 saturated heterocycles. The molecule has 2 rings (SSSR count). The highest BCUT2D eigenvalue weighted by atomic mass is 16.5. The van der Waals surface area contributed by atoms with Crippen LogP contribution in [0.15, 0.2) is 18.2 Å². The highest BCUT2D eigenvalue weighted by molar-refractivity contribution is 5.99. The molecule has 30 heavy (non-hydrogen) atoms. The van der Waals surface area contributed by atoms with Crippen LogP contribution in [0, 0.1) is 13.8 Å². The Kier molecular flexibility index (Phi) is 7.85. The van der Waals surface area contributed by atoms with Gasteiger partial charge in [-0.3, -0.25) is 4.79 Å². The van der Waals surface area contributed by atoms with Crippen LogP contribution in [0.1, 0.15) is 44.6 Å². The van der Waals surface area contributed by atoms with E-state index in [0.717, 1.165) is 5.56 Å². The zero-order valence-corrected chi connectivity index (χ0v) is 17.7. The molecule has 0 unspecified atom stereocenters. The van der Waals surface area contributed by atoms with Gasteiger partial charge in [0.1, 0.15) is 5.69 Å². The number of amides is 1. The van der Waals surface area contributed by atoms with Gasteiger partial charge in [0.05, 0.1) is 26.4 Å². The van der Waals surface area contributed by atoms with Gasteiger partial charge in [0.2, 0.25) is 0 Å². The summed E-state index contributed by atoms with van der Waals surface area (Å²) in [5, 5.41) is 2.66. The molecule has 9 heteroatoms. The number of carbonyl (C=O) groups excluding carboxylic acids is 3. The lowest BCUT2D eigenvalue weighted by molar-refractivity contribution is -0.124. The Morgan fingerprint density at radius 2 is 1.70 bits per heavy atom. The van der Waals surface area contributed by atoms with Crippen LogP contribution in [0.5, 0.6) is 11.5 Å². The van der Waals surface area contributed by atoms with Crippen LogP contribution >= 0.6 is 0 Å². The number of rotatable bonds is 9. The van der Waals surface area contributed by atoms with E-state index in [1.165, 1.54) is 14.2 Å². The average Bonchev–Trinajstić information content (AvgIpc) is 3.04. The smallest absolute Gasteiger partial charge is 0.355 e. The predicted octanol–water partition coefficient (Wildman–Crippen LogP) is 2.30. The second-order valence-corrected chi connectivity index (χ2v) is 6.39. The zero-order valence-electron chi connectivity index (χ0n) is 17.7. The van der Waals surface area contributed by atoms with Crippen molar-refractivity contribution < 1.29 is 33.3 Å². The van der Waals surface area contributed by atoms with Crippen molar-refractivity contribution in [3.63, 3.8) is 0 Å². The van der Waals surface area contributed by atoms with Gasteiger partial charge < -0.3 is 29.2 Å². The van der Waals surface area contributed by atoms with Gasteiger partial charge in [0.15, 0.2) is 18.1 Å². The molecule has 0 atom stereocenters. The number of aromatic amines is 1. The summed E-state index contributed by atoms with van der Waals surface area (Å²) in [6.07, 6.45) is 0. The normalized spacial score (nSPS) is 10.3. The number of aromatic nitrogens is 1. The Morgan fingerprint density at radius 3 is 2.33 bits per heavy atom. The maximum atomic E-state index is 12.3. The molecule has 1 heterocycles. The summed E-state index contributed by atoms with van der Waals surface area (Å²) in [4.78, 5) is 39.2. The number of H-pyrrole nitrogens is 1. The van der Waals surface area contributed by atoms with Crippen LogP contribution in [0.4, 0.5) is 0 Å². The number of benzene rings is 1. The summed E-state index contributed by atoms with van der Waals surface area (Å²) in [7, 11) is 3.06. The fraction of sp³-hybridized carbons (Fsp3) is 0.381. The molecule has 0 bridgehead atoms. The van der Waals surface area contributed by atoms with Crippen LogP contribution in [-0.2, 0) is 20.8 Å². The van der Waals surface area contributed by atoms with Gasteiger partial charge in [-0.05, 0) is 44.0 Å². The molecule has 0 saturated carbocycles. The van der Waals surface area contributed by atoms with E-state index in [1.54, 1.807) is 39.0 Å². The standard InChI is InChI=1S/C21H26N2O7/c1-6-29-20(25)18-12(2)19(23-13(18)3)21(26)30-11-17(24)22-10-14-7-8-15(27-4)16(9-14)28-5/h7-9,23H,6,10-11H2,1-5H3,(H,22,24). The van der Waals surface area contributed by atoms with Gasteiger partial charge in [0, 0.05) is 12.2 Å². The third-order valence-electron chi connectivity index (χ3n) is 4.39. The van der Waals surface area contributed by atoms with Gasteiger partial charge in [0.25, 0.3) is 5.91 Å². The lowest BCUT2D eigenvalue weighted by Gasteiger charge is -2.10. The lowest BCUT2D eigenvalue weighted by Crippen LogP contribution is -2.28. The second kappa shape index (κ2) is 10.3. The summed E-state index contributed by atoms with van der Waals surface area (Å²) in [5.74, 6) is -0.585. The minimum atomic E-state index is -0.729. The summed E-state index contributed by atoms with van der Waals surface area (Å²) in [6.45, 7) is 4.96. The molecule has 1 aromatic heterocycles. The monoisotopic (exact) mass is 418 g/mol. The topological polar surface area (TPSA) is 116 Å². The fourth-order valence-electron chi connectivity index (χ4n) is 2.91. The molecule has 1 amide bonds. The van der Waals surface area contributed by atoms with E-state index < -0.39 is 24.5 Å². The maximum absolute atomic E-state index is 12.3. The van der Waals surface area contributed by atoms with E-state index in [2.05, 4.69) is 10.3 Å². The minimum absolute atomic E-state index is 0.114. The number of hydrogen-bond donors (Lipinski definition) is 2. The Labute approximate surface area is 174 Å². The van der Waals surface area contributed by atoms with Crippen LogP contribution < -0.4 is 14.8 Å². The van der Waals surface area contributed by atoms with Crippen molar-refractivity contribution in [2.24, 2.45) is 0 Å². The molecule has 0 aliphatic rings. The number of esters is 2. The molecule has 0 aliphatic carbocycles. The van der Waals surface area contributed by atoms with Gasteiger partial charge >= 0.3 is 11.9 Å². The number of nitrogens with one attached hydrogen (secondary N) is 2. The third kappa shape index (κ3) is 5.31. The van der Waals surface area contributed by atoms with Gasteiger partial charge in [-0.2, -0.15) is 0 Å². The van der Waals surface area contributed by atoms with Crippen molar-refractivity contribution in [2.45, 2.75) is 27.3 Å². The van der Waals surface area contributed by atoms with Crippen LogP contribution in [0.2, 0.25) is 0 Å². The van der Waals surface area contributed by atoms with E-state index in [9.17, 15) is 14.4 Å². The van der Waals surface area contributed by atoms with E-state index in [1.807, 2.05) is 0 Å². The van der Waals surface area contributed by atoms with Gasteiger partial charge in [-0.1, -0.05) is 6.07 Å². The highest BCUT2D eigenvalue weighted by Gasteiger charge is 2.24. The summed E-state index contributed by atoms with van der Waals surface area (Å²) in [6, 6.07) is 5.26. The Hall–Kier alpha value is -3.49. The predicted molar refractivity (Wildman–Crippen MR) is 108 cm³/mol. The molecule has 0 spiro atoms. The quantitative estimate of drug-likeness (QED) is 0.600. The Morgan fingerprint density at radius 1 is 1.00 bits per heavy atom. The van der Waals surface area contributed by atoms with E-state index >= 15 is 0 Å². The third-order valence-corrected chi connectivity index (χ3v) is 4.39. The summed E-state index contributed by atoms with van der Waals surface area (Å²) >= 11 is 0. The van der Waals surface area contributed by atoms with Crippen LogP contribution in [0.25, 0.3) is 0 Å². The SMILES string of the molecule is CCOC(=O)c1c(C)[nH]c(C(=O)OCC(=O)NCc2ccc(OC)c(OC)c2)c1C. The molecular formula is C21H26N2O7. The van der Waals surface area contributed by atoms with Crippen molar-refractivity contribution in [1.29, 1.82) is 0 Å². The van der Waals surface area contributed by atoms with E-state index in [-0.39, 0.29) is 18.8 Å². The van der Waals surface area contributed by atoms with E-state index in [0.29, 0.717) is 28.3 Å². The largest absolute Gasteiger partial charge is 0.493 e. The Balaban J connectivity index is 1.93. The van der Waals surface area contributed by atoms with Crippen LogP contribution in [-0.4, -0.2) is 50.3 Å². The highest BCUT2D eigenvalue weighted by Crippen LogP contribution is 2.27. The maximum Gasteiger partial charge on any atom is 0.355 e. The number of hydrogen-bond acceptors (Lipinski definition) is 7. The molecule has 0 fully saturated rings. The van der Waals surface area contributed by atoms with Gasteiger partial charge in [-0.15, -0.1) is 0 Å². The average molecular weight is 418 g/mol. The molecule has 2 N–H and O–H groups in total. The van der Waals surface area contributed by atoms with Crippen molar-refractivity contribution in [3.8, 4) is 11.5 Å². The second-order valence-electron chi connectivity index (χ2n) is 6.39. The first-order chi connectivity index (χ1) is 14.3. The van der Waals surface area contributed by atoms with Gasteiger partial charge in [-0.25, -0.2) is 9.59 Å². The molecule has 9 nitrogen and oxygen atoms in total. The van der Waals surface area contributed by atoms with Crippen molar-refractivity contribution >= 4 is 17.8 Å². The molecule has 0 aliphatic heterocycles. The molecule has 0 radical (unpaired) electrons. The number of carbonyl (C=O) groups is 3.